The minimum atomic E-state index is -4.75. The minimum Gasteiger partial charge on any atom is -0.340 e. The van der Waals surface area contributed by atoms with Crippen molar-refractivity contribution >= 4 is 29.1 Å². The van der Waals surface area contributed by atoms with Crippen LogP contribution in [0, 0.1) is 5.82 Å². The van der Waals surface area contributed by atoms with Crippen LogP contribution >= 0.6 is 23.2 Å². The molecule has 2 aromatic carbocycles. The van der Waals surface area contributed by atoms with Gasteiger partial charge in [0.05, 0.1) is 15.6 Å². The van der Waals surface area contributed by atoms with Gasteiger partial charge in [-0.1, -0.05) is 35.3 Å². The van der Waals surface area contributed by atoms with Crippen LogP contribution in [0.1, 0.15) is 41.9 Å². The average molecular weight is 604 g/mol. The number of hydrogen-bond donors (Lipinski definition) is 0. The van der Waals surface area contributed by atoms with E-state index in [4.69, 9.17) is 23.2 Å². The van der Waals surface area contributed by atoms with Crippen molar-refractivity contribution in [1.29, 1.82) is 0 Å². The molecule has 0 aliphatic carbocycles. The van der Waals surface area contributed by atoms with E-state index in [-0.39, 0.29) is 24.4 Å². The summed E-state index contributed by atoms with van der Waals surface area (Å²) in [5.74, 6) is -1.30. The van der Waals surface area contributed by atoms with Gasteiger partial charge in [0.1, 0.15) is 5.82 Å². The number of halogens is 6. The summed E-state index contributed by atoms with van der Waals surface area (Å²) in [5.41, 5.74) is 0.0719. The van der Waals surface area contributed by atoms with Gasteiger partial charge in [0.25, 0.3) is 0 Å². The smallest absolute Gasteiger partial charge is 0.340 e. The van der Waals surface area contributed by atoms with Gasteiger partial charge >= 0.3 is 6.18 Å². The number of carbonyl (C=O) groups is 1. The lowest BCUT2D eigenvalue weighted by Gasteiger charge is -2.32. The molecule has 220 valence electrons. The molecule has 1 amide bonds. The second-order valence-electron chi connectivity index (χ2n) is 11.0. The summed E-state index contributed by atoms with van der Waals surface area (Å²) in [6.45, 7) is 6.41. The Morgan fingerprint density at radius 3 is 2.38 bits per heavy atom. The molecule has 40 heavy (non-hydrogen) atoms. The monoisotopic (exact) mass is 602 g/mol. The first-order chi connectivity index (χ1) is 18.9. The van der Waals surface area contributed by atoms with Crippen LogP contribution < -0.4 is 0 Å². The molecule has 2 saturated heterocycles. The van der Waals surface area contributed by atoms with E-state index in [2.05, 4.69) is 16.8 Å². The van der Waals surface area contributed by atoms with E-state index in [0.717, 1.165) is 63.3 Å². The fourth-order valence-electron chi connectivity index (χ4n) is 5.64. The zero-order chi connectivity index (χ0) is 29.0. The zero-order valence-electron chi connectivity index (χ0n) is 22.9. The molecule has 0 N–H and O–H groups in total. The molecule has 0 spiro atoms. The first kappa shape index (κ1) is 31.0. The van der Waals surface area contributed by atoms with E-state index in [1.165, 1.54) is 6.07 Å². The van der Waals surface area contributed by atoms with E-state index in [9.17, 15) is 22.4 Å². The topological polar surface area (TPSA) is 30.0 Å². The van der Waals surface area contributed by atoms with Crippen molar-refractivity contribution in [2.75, 3.05) is 59.9 Å². The highest BCUT2D eigenvalue weighted by Crippen LogP contribution is 2.36. The third-order valence-corrected chi connectivity index (χ3v) is 8.80. The fraction of sp³-hybridized carbons (Fsp3) is 0.552. The van der Waals surface area contributed by atoms with Crippen LogP contribution in [0.5, 0.6) is 0 Å². The van der Waals surface area contributed by atoms with Gasteiger partial charge in [-0.25, -0.2) is 4.39 Å². The molecule has 0 bridgehead atoms. The fourth-order valence-corrected chi connectivity index (χ4v) is 5.95. The van der Waals surface area contributed by atoms with Crippen molar-refractivity contribution in [3.05, 3.63) is 69.0 Å². The molecule has 2 heterocycles. The first-order valence-electron chi connectivity index (χ1n) is 13.6. The summed E-state index contributed by atoms with van der Waals surface area (Å²) in [6.07, 6.45) is -2.51. The Balaban J connectivity index is 1.41. The van der Waals surface area contributed by atoms with Crippen molar-refractivity contribution in [3.63, 3.8) is 0 Å². The minimum absolute atomic E-state index is 0.0833. The molecule has 2 aliphatic rings. The number of benzene rings is 2. The number of likely N-dealkylation sites (tertiary alicyclic amines) is 1. The normalized spacial score (nSPS) is 21.0. The summed E-state index contributed by atoms with van der Waals surface area (Å²) >= 11 is 12.4. The molecule has 11 heteroatoms. The van der Waals surface area contributed by atoms with Crippen molar-refractivity contribution in [2.24, 2.45) is 0 Å². The molecule has 0 unspecified atom stereocenters. The maximum Gasteiger partial charge on any atom is 0.419 e. The van der Waals surface area contributed by atoms with Gasteiger partial charge in [0.15, 0.2) is 0 Å². The Labute approximate surface area is 243 Å². The maximum atomic E-state index is 14.2. The van der Waals surface area contributed by atoms with Gasteiger partial charge < -0.3 is 14.7 Å². The van der Waals surface area contributed by atoms with E-state index < -0.39 is 17.6 Å². The number of nitrogens with zero attached hydrogens (tertiary/aromatic N) is 4. The number of piperazine rings is 1. The summed E-state index contributed by atoms with van der Waals surface area (Å²) in [7, 11) is 3.97. The molecule has 0 saturated carbocycles. The molecule has 5 nitrogen and oxygen atoms in total. The van der Waals surface area contributed by atoms with Gasteiger partial charge in [0, 0.05) is 64.2 Å². The summed E-state index contributed by atoms with van der Waals surface area (Å²) in [6, 6.07) is 8.29. The number of unbranched alkanes of at least 4 members (excludes halogenated alkanes) is 1. The van der Waals surface area contributed by atoms with Crippen LogP contribution in [0.25, 0.3) is 0 Å². The number of carbonyl (C=O) groups excluding carboxylic acids is 1. The lowest BCUT2D eigenvalue weighted by molar-refractivity contribution is -0.140. The molecular weight excluding hydrogens is 567 g/mol. The number of amides is 1. The summed E-state index contributed by atoms with van der Waals surface area (Å²) < 4.78 is 53.3. The Morgan fingerprint density at radius 1 is 1.00 bits per heavy atom. The largest absolute Gasteiger partial charge is 0.419 e. The Hall–Kier alpha value is -1.91. The first-order valence-corrected chi connectivity index (χ1v) is 14.4. The molecule has 2 aromatic rings. The number of alkyl halides is 3. The highest BCUT2D eigenvalue weighted by atomic mass is 35.5. The second kappa shape index (κ2) is 13.4. The van der Waals surface area contributed by atoms with Gasteiger partial charge in [-0.05, 0) is 68.9 Å². The molecule has 0 aromatic heterocycles. The lowest BCUT2D eigenvalue weighted by Crippen LogP contribution is -2.44. The molecule has 2 aliphatic heterocycles. The van der Waals surface area contributed by atoms with Gasteiger partial charge in [-0.3, -0.25) is 9.69 Å². The highest BCUT2D eigenvalue weighted by molar-refractivity contribution is 6.42. The van der Waals surface area contributed by atoms with Gasteiger partial charge in [-0.15, -0.1) is 0 Å². The Bertz CT molecular complexity index is 1170. The standard InChI is InChI=1S/C29H36Cl2F4N4O/c1-36-11-13-38(14-12-36)10-4-3-5-28(40)39-18-22(21-7-9-24(30)25(31)16-21)27(19-39)37(2)17-20-6-8-23(26(32)15-20)29(33,34)35/h6-9,15-16,22,27H,3-5,10-14,17-19H2,1-2H3/t22-,27+/m1/s1. The number of likely N-dealkylation sites (N-methyl/N-ethyl adjacent to an activating group) is 2. The molecule has 0 radical (unpaired) electrons. The molecule has 4 rings (SSSR count). The SMILES string of the molecule is CN1CCN(CCCCC(=O)N2C[C@H](c3ccc(Cl)c(Cl)c3)[C@@H](N(C)Cc3ccc(C(F)(F)F)c(F)c3)C2)CC1. The number of rotatable bonds is 9. The quantitative estimate of drug-likeness (QED) is 0.260. The van der Waals surface area contributed by atoms with E-state index in [1.54, 1.807) is 12.1 Å². The Kier molecular flexibility index (Phi) is 10.4. The van der Waals surface area contributed by atoms with Crippen LogP contribution in [0.15, 0.2) is 36.4 Å². The van der Waals surface area contributed by atoms with Crippen LogP contribution in [-0.2, 0) is 17.5 Å². The maximum absolute atomic E-state index is 14.2. The second-order valence-corrected chi connectivity index (χ2v) is 11.8. The Morgan fingerprint density at radius 2 is 1.73 bits per heavy atom. The molecule has 2 atom stereocenters. The van der Waals surface area contributed by atoms with E-state index >= 15 is 0 Å². The van der Waals surface area contributed by atoms with Crippen molar-refractivity contribution < 1.29 is 22.4 Å². The van der Waals surface area contributed by atoms with Crippen LogP contribution in [0.3, 0.4) is 0 Å². The molecular formula is C29H36Cl2F4N4O. The summed E-state index contributed by atoms with van der Waals surface area (Å²) in [5, 5.41) is 0.848. The number of hydrogen-bond acceptors (Lipinski definition) is 4. The van der Waals surface area contributed by atoms with E-state index in [0.29, 0.717) is 35.1 Å². The predicted octanol–water partition coefficient (Wildman–Crippen LogP) is 6.00. The third kappa shape index (κ3) is 7.88. The van der Waals surface area contributed by atoms with Crippen molar-refractivity contribution in [3.8, 4) is 0 Å². The van der Waals surface area contributed by atoms with Crippen LogP contribution in [0.4, 0.5) is 17.6 Å². The average Bonchev–Trinajstić information content (AvgIpc) is 3.34. The van der Waals surface area contributed by atoms with Gasteiger partial charge in [0.2, 0.25) is 5.91 Å². The summed E-state index contributed by atoms with van der Waals surface area (Å²) in [4.78, 5) is 21.8. The lowest BCUT2D eigenvalue weighted by atomic mass is 9.93. The third-order valence-electron chi connectivity index (χ3n) is 8.06. The van der Waals surface area contributed by atoms with Gasteiger partial charge in [-0.2, -0.15) is 13.2 Å². The predicted molar refractivity (Wildman–Crippen MR) is 150 cm³/mol. The van der Waals surface area contributed by atoms with E-state index in [1.807, 2.05) is 22.9 Å². The van der Waals surface area contributed by atoms with Crippen LogP contribution in [-0.4, -0.2) is 91.5 Å². The van der Waals surface area contributed by atoms with Crippen molar-refractivity contribution in [2.45, 2.75) is 43.9 Å². The highest BCUT2D eigenvalue weighted by Gasteiger charge is 2.39. The van der Waals surface area contributed by atoms with Crippen molar-refractivity contribution in [1.82, 2.24) is 19.6 Å². The van der Waals surface area contributed by atoms with Crippen LogP contribution in [0.2, 0.25) is 10.0 Å². The molecule has 2 fully saturated rings. The zero-order valence-corrected chi connectivity index (χ0v) is 24.4.